The van der Waals surface area contributed by atoms with E-state index in [4.69, 9.17) is 0 Å². The number of aliphatic carboxylic acids is 1. The highest BCUT2D eigenvalue weighted by Crippen LogP contribution is 2.33. The van der Waals surface area contributed by atoms with Gasteiger partial charge in [0.05, 0.1) is 5.56 Å². The molecular formula is C23H19F4NO2. The molecule has 0 aromatic heterocycles. The van der Waals surface area contributed by atoms with Gasteiger partial charge in [-0.15, -0.1) is 0 Å². The fraction of sp³-hybridized carbons (Fsp3) is 0.174. The second-order valence-corrected chi connectivity index (χ2v) is 6.85. The number of carbonyl (C=O) groups is 1. The zero-order valence-corrected chi connectivity index (χ0v) is 15.8. The van der Waals surface area contributed by atoms with Crippen molar-refractivity contribution >= 4 is 5.97 Å². The van der Waals surface area contributed by atoms with Crippen LogP contribution >= 0.6 is 0 Å². The Bertz CT molecular complexity index is 950. The van der Waals surface area contributed by atoms with Gasteiger partial charge in [-0.05, 0) is 23.3 Å². The molecule has 1 atom stereocenters. The molecule has 1 unspecified atom stereocenters. The van der Waals surface area contributed by atoms with Crippen molar-refractivity contribution in [3.8, 4) is 0 Å². The van der Waals surface area contributed by atoms with E-state index in [1.54, 1.807) is 48.5 Å². The third-order valence-corrected chi connectivity index (χ3v) is 4.68. The molecule has 7 heteroatoms. The van der Waals surface area contributed by atoms with Crippen molar-refractivity contribution in [2.45, 2.75) is 25.3 Å². The van der Waals surface area contributed by atoms with Crippen LogP contribution in [-0.4, -0.2) is 16.0 Å². The molecule has 3 nitrogen and oxygen atoms in total. The highest BCUT2D eigenvalue weighted by atomic mass is 19.4. The van der Waals surface area contributed by atoms with Crippen LogP contribution in [0.25, 0.3) is 0 Å². The Balaban J connectivity index is 2.02. The molecule has 3 rings (SSSR count). The molecule has 0 saturated carbocycles. The molecule has 0 heterocycles. The van der Waals surface area contributed by atoms with Gasteiger partial charge in [-0.1, -0.05) is 66.7 Å². The number of benzene rings is 3. The average molecular weight is 417 g/mol. The van der Waals surface area contributed by atoms with Gasteiger partial charge in [0.1, 0.15) is 11.9 Å². The van der Waals surface area contributed by atoms with Crippen molar-refractivity contribution < 1.29 is 27.5 Å². The van der Waals surface area contributed by atoms with Gasteiger partial charge in [-0.2, -0.15) is 13.2 Å². The summed E-state index contributed by atoms with van der Waals surface area (Å²) in [6.45, 7) is 0.348. The molecule has 0 spiro atoms. The highest BCUT2D eigenvalue weighted by molar-refractivity contribution is 5.75. The first-order valence-corrected chi connectivity index (χ1v) is 9.17. The van der Waals surface area contributed by atoms with E-state index in [-0.39, 0.29) is 18.7 Å². The van der Waals surface area contributed by atoms with E-state index in [2.05, 4.69) is 0 Å². The number of rotatable bonds is 7. The standard InChI is InChI=1S/C23H19F4NO2/c24-20-13-18(23(25,26)27)11-12-19(20)21(22(29)30)28(14-16-7-3-1-4-8-16)15-17-9-5-2-6-10-17/h1-13,21H,14-15H2,(H,29,30). The predicted octanol–water partition coefficient (Wildman–Crippen LogP) is 5.67. The van der Waals surface area contributed by atoms with Crippen molar-refractivity contribution in [3.05, 3.63) is 107 Å². The first-order valence-electron chi connectivity index (χ1n) is 9.17. The molecule has 0 saturated heterocycles. The van der Waals surface area contributed by atoms with Crippen LogP contribution < -0.4 is 0 Å². The fourth-order valence-electron chi connectivity index (χ4n) is 3.29. The summed E-state index contributed by atoms with van der Waals surface area (Å²) in [7, 11) is 0. The summed E-state index contributed by atoms with van der Waals surface area (Å²) in [5.74, 6) is -2.55. The average Bonchev–Trinajstić information content (AvgIpc) is 2.70. The van der Waals surface area contributed by atoms with Gasteiger partial charge in [0.2, 0.25) is 0 Å². The highest BCUT2D eigenvalue weighted by Gasteiger charge is 2.34. The normalized spacial score (nSPS) is 12.7. The van der Waals surface area contributed by atoms with E-state index < -0.39 is 29.6 Å². The number of nitrogens with zero attached hydrogens (tertiary/aromatic N) is 1. The molecule has 0 bridgehead atoms. The molecule has 156 valence electrons. The number of carboxylic acid groups (broad SMARTS) is 1. The Kier molecular flexibility index (Phi) is 6.52. The minimum absolute atomic E-state index is 0.174. The lowest BCUT2D eigenvalue weighted by molar-refractivity contribution is -0.144. The Labute approximate surface area is 171 Å². The lowest BCUT2D eigenvalue weighted by Crippen LogP contribution is -2.34. The minimum Gasteiger partial charge on any atom is -0.480 e. The monoisotopic (exact) mass is 417 g/mol. The van der Waals surface area contributed by atoms with E-state index >= 15 is 0 Å². The summed E-state index contributed by atoms with van der Waals surface area (Å²) in [4.78, 5) is 13.7. The van der Waals surface area contributed by atoms with Crippen LogP contribution in [-0.2, 0) is 24.1 Å². The van der Waals surface area contributed by atoms with E-state index in [1.807, 2.05) is 12.1 Å². The molecule has 0 amide bonds. The molecule has 0 radical (unpaired) electrons. The van der Waals surface area contributed by atoms with Crippen LogP contribution in [0.4, 0.5) is 17.6 Å². The summed E-state index contributed by atoms with van der Waals surface area (Å²) in [5.41, 5.74) is 0.118. The molecule has 0 aliphatic heterocycles. The number of alkyl halides is 3. The Hall–Kier alpha value is -3.19. The Morgan fingerprint density at radius 1 is 0.867 bits per heavy atom. The first kappa shape index (κ1) is 21.5. The second-order valence-electron chi connectivity index (χ2n) is 6.85. The molecular weight excluding hydrogens is 398 g/mol. The van der Waals surface area contributed by atoms with Crippen molar-refractivity contribution in [2.24, 2.45) is 0 Å². The molecule has 3 aromatic carbocycles. The topological polar surface area (TPSA) is 40.5 Å². The fourth-order valence-corrected chi connectivity index (χ4v) is 3.29. The van der Waals surface area contributed by atoms with Crippen molar-refractivity contribution in [2.75, 3.05) is 0 Å². The lowest BCUT2D eigenvalue weighted by atomic mass is 10.0. The van der Waals surface area contributed by atoms with Crippen LogP contribution in [0.2, 0.25) is 0 Å². The zero-order chi connectivity index (χ0) is 21.7. The maximum Gasteiger partial charge on any atom is 0.416 e. The van der Waals surface area contributed by atoms with E-state index in [1.165, 1.54) is 4.90 Å². The SMILES string of the molecule is O=C(O)C(c1ccc(C(F)(F)F)cc1F)N(Cc1ccccc1)Cc1ccccc1. The summed E-state index contributed by atoms with van der Waals surface area (Å²) in [5, 5.41) is 9.88. The van der Waals surface area contributed by atoms with Gasteiger partial charge in [0.25, 0.3) is 0 Å². The van der Waals surface area contributed by atoms with Crippen molar-refractivity contribution in [3.63, 3.8) is 0 Å². The number of hydrogen-bond donors (Lipinski definition) is 1. The molecule has 0 aliphatic carbocycles. The summed E-state index contributed by atoms with van der Waals surface area (Å²) in [6.07, 6.45) is -4.72. The lowest BCUT2D eigenvalue weighted by Gasteiger charge is -2.30. The smallest absolute Gasteiger partial charge is 0.416 e. The van der Waals surface area contributed by atoms with Crippen LogP contribution in [0.3, 0.4) is 0 Å². The summed E-state index contributed by atoms with van der Waals surface area (Å²) < 4.78 is 53.3. The second kappa shape index (κ2) is 9.09. The maximum atomic E-state index is 14.6. The van der Waals surface area contributed by atoms with Gasteiger partial charge in [0, 0.05) is 18.7 Å². The summed E-state index contributed by atoms with van der Waals surface area (Å²) in [6, 6.07) is 18.5. The number of halogens is 4. The van der Waals surface area contributed by atoms with Gasteiger partial charge in [0.15, 0.2) is 0 Å². The number of hydrogen-bond acceptors (Lipinski definition) is 2. The van der Waals surface area contributed by atoms with Crippen LogP contribution in [0.5, 0.6) is 0 Å². The van der Waals surface area contributed by atoms with Crippen LogP contribution in [0.1, 0.15) is 28.3 Å². The van der Waals surface area contributed by atoms with Crippen LogP contribution in [0.15, 0.2) is 78.9 Å². The minimum atomic E-state index is -4.72. The number of carboxylic acids is 1. The third-order valence-electron chi connectivity index (χ3n) is 4.68. The summed E-state index contributed by atoms with van der Waals surface area (Å²) >= 11 is 0. The van der Waals surface area contributed by atoms with Gasteiger partial charge in [-0.25, -0.2) is 4.39 Å². The molecule has 1 N–H and O–H groups in total. The largest absolute Gasteiger partial charge is 0.480 e. The van der Waals surface area contributed by atoms with E-state index in [0.29, 0.717) is 12.1 Å². The molecule has 0 aliphatic rings. The van der Waals surface area contributed by atoms with E-state index in [0.717, 1.165) is 17.2 Å². The van der Waals surface area contributed by atoms with Crippen LogP contribution in [0, 0.1) is 5.82 Å². The molecule has 30 heavy (non-hydrogen) atoms. The van der Waals surface area contributed by atoms with Gasteiger partial charge >= 0.3 is 12.1 Å². The molecule has 3 aromatic rings. The maximum absolute atomic E-state index is 14.6. The predicted molar refractivity (Wildman–Crippen MR) is 104 cm³/mol. The van der Waals surface area contributed by atoms with E-state index in [9.17, 15) is 27.5 Å². The Morgan fingerprint density at radius 2 is 1.37 bits per heavy atom. The molecule has 0 fully saturated rings. The van der Waals surface area contributed by atoms with Crippen molar-refractivity contribution in [1.82, 2.24) is 4.90 Å². The van der Waals surface area contributed by atoms with Gasteiger partial charge < -0.3 is 5.11 Å². The first-order chi connectivity index (χ1) is 14.3. The van der Waals surface area contributed by atoms with Crippen molar-refractivity contribution in [1.29, 1.82) is 0 Å². The Morgan fingerprint density at radius 3 is 1.77 bits per heavy atom. The third kappa shape index (κ3) is 5.24. The quantitative estimate of drug-likeness (QED) is 0.504. The zero-order valence-electron chi connectivity index (χ0n) is 15.8. The van der Waals surface area contributed by atoms with Gasteiger partial charge in [-0.3, -0.25) is 9.69 Å².